The summed E-state index contributed by atoms with van der Waals surface area (Å²) in [6, 6.07) is 0. The first kappa shape index (κ1) is 14.5. The summed E-state index contributed by atoms with van der Waals surface area (Å²) in [5.74, 6) is -0.994. The van der Waals surface area contributed by atoms with E-state index in [4.69, 9.17) is 9.84 Å². The summed E-state index contributed by atoms with van der Waals surface area (Å²) in [7, 11) is 0. The average molecular weight is 255 g/mol. The molecule has 1 N–H and O–H groups in total. The lowest BCUT2D eigenvalue weighted by atomic mass is 9.90. The highest BCUT2D eigenvalue weighted by atomic mass is 16.6. The summed E-state index contributed by atoms with van der Waals surface area (Å²) in [6.45, 7) is 10.1. The molecule has 0 aromatic rings. The van der Waals surface area contributed by atoms with E-state index in [1.165, 1.54) is 0 Å². The summed E-state index contributed by atoms with van der Waals surface area (Å²) in [4.78, 5) is 24.2. The molecule has 1 heterocycles. The van der Waals surface area contributed by atoms with Gasteiger partial charge in [0.1, 0.15) is 5.60 Å². The highest BCUT2D eigenvalue weighted by Gasteiger charge is 2.29. The quantitative estimate of drug-likeness (QED) is 0.769. The van der Waals surface area contributed by atoms with E-state index in [0.29, 0.717) is 25.9 Å². The third kappa shape index (κ3) is 4.05. The van der Waals surface area contributed by atoms with Gasteiger partial charge in [-0.15, -0.1) is 0 Å². The number of hydrogen-bond donors (Lipinski definition) is 1. The zero-order valence-electron chi connectivity index (χ0n) is 11.2. The lowest BCUT2D eigenvalue weighted by Crippen LogP contribution is -2.42. The van der Waals surface area contributed by atoms with Crippen LogP contribution in [0.25, 0.3) is 0 Å². The molecule has 102 valence electrons. The molecule has 0 unspecified atom stereocenters. The SMILES string of the molecule is C=C(C(=O)O)C1CCN(C(=O)OC(C)(C)C)CC1. The van der Waals surface area contributed by atoms with Gasteiger partial charge in [0.05, 0.1) is 0 Å². The first-order valence-corrected chi connectivity index (χ1v) is 6.10. The molecular formula is C13H21NO4. The molecule has 1 aliphatic rings. The van der Waals surface area contributed by atoms with Crippen molar-refractivity contribution in [3.63, 3.8) is 0 Å². The topological polar surface area (TPSA) is 66.8 Å². The van der Waals surface area contributed by atoms with Gasteiger partial charge in [0, 0.05) is 18.7 Å². The second-order valence-corrected chi connectivity index (χ2v) is 5.57. The van der Waals surface area contributed by atoms with Crippen molar-refractivity contribution in [3.05, 3.63) is 12.2 Å². The van der Waals surface area contributed by atoms with Crippen LogP contribution in [-0.2, 0) is 9.53 Å². The lowest BCUT2D eigenvalue weighted by Gasteiger charge is -2.33. The van der Waals surface area contributed by atoms with Crippen LogP contribution in [-0.4, -0.2) is 40.8 Å². The minimum Gasteiger partial charge on any atom is -0.478 e. The van der Waals surface area contributed by atoms with Crippen LogP contribution in [0.5, 0.6) is 0 Å². The summed E-state index contributed by atoms with van der Waals surface area (Å²) in [5.41, 5.74) is -0.266. The van der Waals surface area contributed by atoms with E-state index in [-0.39, 0.29) is 17.6 Å². The number of aliphatic carboxylic acids is 1. The number of likely N-dealkylation sites (tertiary alicyclic amines) is 1. The fraction of sp³-hybridized carbons (Fsp3) is 0.692. The number of hydrogen-bond acceptors (Lipinski definition) is 3. The van der Waals surface area contributed by atoms with Crippen LogP contribution in [0.3, 0.4) is 0 Å². The van der Waals surface area contributed by atoms with Crippen molar-refractivity contribution >= 4 is 12.1 Å². The number of carboxylic acid groups (broad SMARTS) is 1. The van der Waals surface area contributed by atoms with Crippen molar-refractivity contribution < 1.29 is 19.4 Å². The first-order valence-electron chi connectivity index (χ1n) is 6.10. The van der Waals surface area contributed by atoms with Crippen LogP contribution in [0.2, 0.25) is 0 Å². The molecule has 18 heavy (non-hydrogen) atoms. The molecule has 0 atom stereocenters. The molecule has 1 saturated heterocycles. The van der Waals surface area contributed by atoms with E-state index in [0.717, 1.165) is 0 Å². The van der Waals surface area contributed by atoms with Crippen LogP contribution in [0.4, 0.5) is 4.79 Å². The van der Waals surface area contributed by atoms with Crippen LogP contribution < -0.4 is 0 Å². The summed E-state index contributed by atoms with van der Waals surface area (Å²) >= 11 is 0. The third-order valence-corrected chi connectivity index (χ3v) is 2.91. The third-order valence-electron chi connectivity index (χ3n) is 2.91. The van der Waals surface area contributed by atoms with Crippen molar-refractivity contribution in [2.45, 2.75) is 39.2 Å². The summed E-state index contributed by atoms with van der Waals surface area (Å²) in [5, 5.41) is 8.86. The number of ether oxygens (including phenoxy) is 1. The normalized spacial score (nSPS) is 17.4. The van der Waals surface area contributed by atoms with E-state index in [2.05, 4.69) is 6.58 Å². The van der Waals surface area contributed by atoms with Gasteiger partial charge in [-0.2, -0.15) is 0 Å². The van der Waals surface area contributed by atoms with Crippen molar-refractivity contribution in [2.24, 2.45) is 5.92 Å². The minimum absolute atomic E-state index is 0.0406. The van der Waals surface area contributed by atoms with Gasteiger partial charge in [-0.1, -0.05) is 6.58 Å². The molecule has 0 bridgehead atoms. The minimum atomic E-state index is -0.953. The Balaban J connectivity index is 2.47. The van der Waals surface area contributed by atoms with Gasteiger partial charge in [-0.3, -0.25) is 0 Å². The van der Waals surface area contributed by atoms with Gasteiger partial charge >= 0.3 is 12.1 Å². The Morgan fingerprint density at radius 1 is 1.28 bits per heavy atom. The van der Waals surface area contributed by atoms with Crippen molar-refractivity contribution in [1.29, 1.82) is 0 Å². The zero-order valence-corrected chi connectivity index (χ0v) is 11.2. The second-order valence-electron chi connectivity index (χ2n) is 5.57. The predicted molar refractivity (Wildman–Crippen MR) is 67.3 cm³/mol. The number of amides is 1. The highest BCUT2D eigenvalue weighted by Crippen LogP contribution is 2.24. The molecule has 0 aromatic heterocycles. The van der Waals surface area contributed by atoms with E-state index >= 15 is 0 Å². The molecule has 5 heteroatoms. The average Bonchev–Trinajstić information content (AvgIpc) is 2.26. The summed E-state index contributed by atoms with van der Waals surface area (Å²) < 4.78 is 5.27. The molecule has 0 saturated carbocycles. The lowest BCUT2D eigenvalue weighted by molar-refractivity contribution is -0.133. The van der Waals surface area contributed by atoms with Crippen molar-refractivity contribution in [1.82, 2.24) is 4.90 Å². The van der Waals surface area contributed by atoms with Gasteiger partial charge in [0.2, 0.25) is 0 Å². The fourth-order valence-corrected chi connectivity index (χ4v) is 1.91. The summed E-state index contributed by atoms with van der Waals surface area (Å²) in [6.07, 6.45) is 0.927. The largest absolute Gasteiger partial charge is 0.478 e. The number of rotatable bonds is 2. The van der Waals surface area contributed by atoms with E-state index < -0.39 is 11.6 Å². The van der Waals surface area contributed by atoms with E-state index in [1.54, 1.807) is 4.90 Å². The van der Waals surface area contributed by atoms with Crippen LogP contribution in [0, 0.1) is 5.92 Å². The highest BCUT2D eigenvalue weighted by molar-refractivity contribution is 5.86. The Morgan fingerprint density at radius 3 is 2.17 bits per heavy atom. The molecule has 5 nitrogen and oxygen atoms in total. The molecule has 1 amide bonds. The molecule has 0 radical (unpaired) electrons. The monoisotopic (exact) mass is 255 g/mol. The molecule has 0 aliphatic carbocycles. The molecule has 1 aliphatic heterocycles. The standard InChI is InChI=1S/C13H21NO4/c1-9(11(15)16)10-5-7-14(8-6-10)12(17)18-13(2,3)4/h10H,1,5-8H2,2-4H3,(H,15,16). The van der Waals surface area contributed by atoms with Gasteiger partial charge in [-0.05, 0) is 39.5 Å². The Bertz CT molecular complexity index is 348. The van der Waals surface area contributed by atoms with Gasteiger partial charge in [-0.25, -0.2) is 9.59 Å². The number of carboxylic acids is 1. The Morgan fingerprint density at radius 2 is 1.78 bits per heavy atom. The fourth-order valence-electron chi connectivity index (χ4n) is 1.91. The maximum absolute atomic E-state index is 11.8. The Hall–Kier alpha value is -1.52. The zero-order chi connectivity index (χ0) is 13.9. The Kier molecular flexibility index (Phi) is 4.38. The number of piperidine rings is 1. The van der Waals surface area contributed by atoms with Crippen LogP contribution >= 0.6 is 0 Å². The molecule has 1 fully saturated rings. The van der Waals surface area contributed by atoms with Crippen LogP contribution in [0.1, 0.15) is 33.6 Å². The number of nitrogens with zero attached hydrogens (tertiary/aromatic N) is 1. The predicted octanol–water partition coefficient (Wildman–Crippen LogP) is 2.27. The molecule has 0 spiro atoms. The molecular weight excluding hydrogens is 234 g/mol. The van der Waals surface area contributed by atoms with Crippen molar-refractivity contribution in [2.75, 3.05) is 13.1 Å². The number of carbonyl (C=O) groups excluding carboxylic acids is 1. The van der Waals surface area contributed by atoms with E-state index in [9.17, 15) is 9.59 Å². The maximum Gasteiger partial charge on any atom is 0.410 e. The second kappa shape index (κ2) is 5.42. The number of carbonyl (C=O) groups is 2. The first-order chi connectivity index (χ1) is 8.20. The molecule has 1 rings (SSSR count). The van der Waals surface area contributed by atoms with Crippen molar-refractivity contribution in [3.8, 4) is 0 Å². The van der Waals surface area contributed by atoms with E-state index in [1.807, 2.05) is 20.8 Å². The molecule has 0 aromatic carbocycles. The van der Waals surface area contributed by atoms with Crippen LogP contribution in [0.15, 0.2) is 12.2 Å². The maximum atomic E-state index is 11.8. The van der Waals surface area contributed by atoms with Gasteiger partial charge in [0.15, 0.2) is 0 Å². The Labute approximate surface area is 107 Å². The smallest absolute Gasteiger partial charge is 0.410 e. The van der Waals surface area contributed by atoms with Gasteiger partial charge < -0.3 is 14.7 Å². The van der Waals surface area contributed by atoms with Gasteiger partial charge in [0.25, 0.3) is 0 Å².